The molecule has 0 saturated carbocycles. The summed E-state index contributed by atoms with van der Waals surface area (Å²) in [5, 5.41) is 3.18. The lowest BCUT2D eigenvalue weighted by molar-refractivity contribution is -0.148. The van der Waals surface area contributed by atoms with E-state index in [0.717, 1.165) is 29.8 Å². The molecule has 1 aromatic carbocycles. The van der Waals surface area contributed by atoms with Gasteiger partial charge in [-0.25, -0.2) is 0 Å². The van der Waals surface area contributed by atoms with Gasteiger partial charge in [0.05, 0.1) is 6.42 Å². The van der Waals surface area contributed by atoms with Crippen molar-refractivity contribution in [1.82, 2.24) is 10.2 Å². The number of nitrogens with zero attached hydrogens (tertiary/aromatic N) is 1. The highest BCUT2D eigenvalue weighted by Crippen LogP contribution is 2.35. The van der Waals surface area contributed by atoms with Gasteiger partial charge in [0.1, 0.15) is 0 Å². The van der Waals surface area contributed by atoms with E-state index in [1.54, 1.807) is 0 Å². The highest BCUT2D eigenvalue weighted by Gasteiger charge is 2.36. The summed E-state index contributed by atoms with van der Waals surface area (Å²) in [4.78, 5) is 1.95. The maximum absolute atomic E-state index is 12.9. The first kappa shape index (κ1) is 18.3. The number of rotatable bonds is 3. The number of halogens is 4. The van der Waals surface area contributed by atoms with Crippen LogP contribution in [0, 0.1) is 13.8 Å². The van der Waals surface area contributed by atoms with Crippen LogP contribution in [-0.4, -0.2) is 37.3 Å². The van der Waals surface area contributed by atoms with Crippen LogP contribution in [0.25, 0.3) is 0 Å². The SMILES string of the molecule is Cc1ccc([C@H](CC(F)(F)F)N2CCNCC2)c(C)c1.Cl. The van der Waals surface area contributed by atoms with Gasteiger partial charge in [-0.3, -0.25) is 4.90 Å². The molecule has 0 radical (unpaired) electrons. The lowest BCUT2D eigenvalue weighted by atomic mass is 9.95. The lowest BCUT2D eigenvalue weighted by Gasteiger charge is -2.36. The summed E-state index contributed by atoms with van der Waals surface area (Å²) in [6, 6.07) is 5.13. The van der Waals surface area contributed by atoms with Crippen molar-refractivity contribution in [3.63, 3.8) is 0 Å². The first-order valence-electron chi connectivity index (χ1n) is 6.95. The highest BCUT2D eigenvalue weighted by molar-refractivity contribution is 5.85. The van der Waals surface area contributed by atoms with Crippen LogP contribution in [0.2, 0.25) is 0 Å². The Balaban J connectivity index is 0.00000220. The first-order chi connectivity index (χ1) is 9.37. The molecule has 1 aliphatic rings. The van der Waals surface area contributed by atoms with Crippen LogP contribution in [0.5, 0.6) is 0 Å². The molecule has 2 nitrogen and oxygen atoms in total. The van der Waals surface area contributed by atoms with E-state index in [9.17, 15) is 13.2 Å². The van der Waals surface area contributed by atoms with Crippen LogP contribution in [0.15, 0.2) is 18.2 Å². The highest BCUT2D eigenvalue weighted by atomic mass is 35.5. The molecule has 120 valence electrons. The summed E-state index contributed by atoms with van der Waals surface area (Å²) in [6.45, 7) is 6.68. The molecule has 1 N–H and O–H groups in total. The molecule has 0 aliphatic carbocycles. The number of hydrogen-bond donors (Lipinski definition) is 1. The number of nitrogens with one attached hydrogen (secondary N) is 1. The van der Waals surface area contributed by atoms with Gasteiger partial charge in [-0.05, 0) is 25.0 Å². The summed E-state index contributed by atoms with van der Waals surface area (Å²) in [5.41, 5.74) is 2.82. The van der Waals surface area contributed by atoms with E-state index in [4.69, 9.17) is 0 Å². The van der Waals surface area contributed by atoms with Crippen molar-refractivity contribution < 1.29 is 13.2 Å². The largest absolute Gasteiger partial charge is 0.390 e. The van der Waals surface area contributed by atoms with Crippen LogP contribution < -0.4 is 5.32 Å². The van der Waals surface area contributed by atoms with Gasteiger partial charge < -0.3 is 5.32 Å². The minimum Gasteiger partial charge on any atom is -0.314 e. The van der Waals surface area contributed by atoms with Gasteiger partial charge >= 0.3 is 6.18 Å². The zero-order valence-electron chi connectivity index (χ0n) is 12.3. The van der Waals surface area contributed by atoms with Gasteiger partial charge in [-0.2, -0.15) is 13.2 Å². The molecular weight excluding hydrogens is 301 g/mol. The molecule has 0 unspecified atom stereocenters. The van der Waals surface area contributed by atoms with Crippen LogP contribution in [0.4, 0.5) is 13.2 Å². The topological polar surface area (TPSA) is 15.3 Å². The molecule has 1 heterocycles. The fraction of sp³-hybridized carbons (Fsp3) is 0.600. The Morgan fingerprint density at radius 3 is 2.33 bits per heavy atom. The second kappa shape index (κ2) is 7.47. The molecule has 0 spiro atoms. The number of aryl methyl sites for hydroxylation is 2. The third kappa shape index (κ3) is 5.16. The molecule has 0 aromatic heterocycles. The standard InChI is InChI=1S/C15H21F3N2.ClH/c1-11-3-4-13(12(2)9-11)14(10-15(16,17)18)20-7-5-19-6-8-20;/h3-4,9,14,19H,5-8,10H2,1-2H3;1H/t14-;/m0./s1. The zero-order chi connectivity index (χ0) is 14.8. The van der Waals surface area contributed by atoms with Crippen LogP contribution in [-0.2, 0) is 0 Å². The van der Waals surface area contributed by atoms with E-state index < -0.39 is 18.6 Å². The van der Waals surface area contributed by atoms with Crippen LogP contribution >= 0.6 is 12.4 Å². The van der Waals surface area contributed by atoms with Gasteiger partial charge in [0.15, 0.2) is 0 Å². The molecule has 6 heteroatoms. The van der Waals surface area contributed by atoms with Crippen LogP contribution in [0.1, 0.15) is 29.2 Å². The number of piperazine rings is 1. The first-order valence-corrected chi connectivity index (χ1v) is 6.95. The van der Waals surface area contributed by atoms with Crippen LogP contribution in [0.3, 0.4) is 0 Å². The fourth-order valence-electron chi connectivity index (χ4n) is 2.85. The Morgan fingerprint density at radius 2 is 1.81 bits per heavy atom. The average Bonchev–Trinajstić information content (AvgIpc) is 2.36. The third-order valence-electron chi connectivity index (χ3n) is 3.80. The van der Waals surface area contributed by atoms with Crippen molar-refractivity contribution >= 4 is 12.4 Å². The predicted molar refractivity (Wildman–Crippen MR) is 81.0 cm³/mol. The lowest BCUT2D eigenvalue weighted by Crippen LogP contribution is -2.46. The molecule has 2 rings (SSSR count). The summed E-state index contributed by atoms with van der Waals surface area (Å²) in [7, 11) is 0. The van der Waals surface area contributed by atoms with E-state index in [1.807, 2.05) is 36.9 Å². The fourth-order valence-corrected chi connectivity index (χ4v) is 2.85. The van der Waals surface area contributed by atoms with Gasteiger partial charge in [-0.1, -0.05) is 23.8 Å². The number of hydrogen-bond acceptors (Lipinski definition) is 2. The summed E-state index contributed by atoms with van der Waals surface area (Å²) in [6.07, 6.45) is -4.93. The minimum absolute atomic E-state index is 0. The van der Waals surface area contributed by atoms with Gasteiger partial charge in [0, 0.05) is 32.2 Å². The monoisotopic (exact) mass is 322 g/mol. The molecule has 0 bridgehead atoms. The molecule has 1 saturated heterocycles. The van der Waals surface area contributed by atoms with Crippen molar-refractivity contribution in [3.05, 3.63) is 34.9 Å². The Hall–Kier alpha value is -0.780. The molecular formula is C15H22ClF3N2. The van der Waals surface area contributed by atoms with Crippen molar-refractivity contribution in [3.8, 4) is 0 Å². The van der Waals surface area contributed by atoms with E-state index in [-0.39, 0.29) is 12.4 Å². The predicted octanol–water partition coefficient (Wildman–Crippen LogP) is 3.62. The summed E-state index contributed by atoms with van der Waals surface area (Å²) in [5.74, 6) is 0. The van der Waals surface area contributed by atoms with Crippen molar-refractivity contribution in [1.29, 1.82) is 0 Å². The Kier molecular flexibility index (Phi) is 6.50. The summed E-state index contributed by atoms with van der Waals surface area (Å²) >= 11 is 0. The maximum Gasteiger partial charge on any atom is 0.390 e. The smallest absolute Gasteiger partial charge is 0.314 e. The van der Waals surface area contributed by atoms with Crippen molar-refractivity contribution in [2.24, 2.45) is 0 Å². The third-order valence-corrected chi connectivity index (χ3v) is 3.80. The second-order valence-corrected chi connectivity index (χ2v) is 5.48. The molecule has 1 atom stereocenters. The van der Waals surface area contributed by atoms with Gasteiger partial charge in [0.2, 0.25) is 0 Å². The van der Waals surface area contributed by atoms with E-state index in [1.165, 1.54) is 0 Å². The zero-order valence-corrected chi connectivity index (χ0v) is 13.2. The average molecular weight is 323 g/mol. The Bertz CT molecular complexity index is 457. The van der Waals surface area contributed by atoms with Gasteiger partial charge in [-0.15, -0.1) is 12.4 Å². The number of alkyl halides is 3. The van der Waals surface area contributed by atoms with E-state index in [2.05, 4.69) is 5.32 Å². The minimum atomic E-state index is -4.15. The Morgan fingerprint density at radius 1 is 1.19 bits per heavy atom. The summed E-state index contributed by atoms with van der Waals surface area (Å²) < 4.78 is 38.7. The van der Waals surface area contributed by atoms with Crippen molar-refractivity contribution in [2.75, 3.05) is 26.2 Å². The molecule has 1 aliphatic heterocycles. The number of benzene rings is 1. The van der Waals surface area contributed by atoms with Crippen molar-refractivity contribution in [2.45, 2.75) is 32.5 Å². The second-order valence-electron chi connectivity index (χ2n) is 5.48. The normalized spacial score (nSPS) is 18.1. The maximum atomic E-state index is 12.9. The molecule has 21 heavy (non-hydrogen) atoms. The molecule has 0 amide bonds. The molecule has 1 fully saturated rings. The van der Waals surface area contributed by atoms with Gasteiger partial charge in [0.25, 0.3) is 0 Å². The quantitative estimate of drug-likeness (QED) is 0.914. The molecule has 1 aromatic rings. The Labute approximate surface area is 130 Å². The van der Waals surface area contributed by atoms with E-state index >= 15 is 0 Å². The van der Waals surface area contributed by atoms with E-state index in [0.29, 0.717) is 13.1 Å².